The molecule has 1 nitrogen and oxygen atoms in total. The van der Waals surface area contributed by atoms with Gasteiger partial charge in [-0.15, -0.1) is 0 Å². The molecule has 2 aromatic carbocycles. The number of aryl methyl sites for hydroxylation is 1. The van der Waals surface area contributed by atoms with Crippen molar-refractivity contribution in [1.82, 2.24) is 0 Å². The van der Waals surface area contributed by atoms with Crippen molar-refractivity contribution in [2.24, 2.45) is 0 Å². The lowest BCUT2D eigenvalue weighted by atomic mass is 10.0. The molecule has 0 aliphatic rings. The van der Waals surface area contributed by atoms with Crippen molar-refractivity contribution in [1.29, 1.82) is 0 Å². The van der Waals surface area contributed by atoms with Crippen LogP contribution in [-0.4, -0.2) is 5.78 Å². The van der Waals surface area contributed by atoms with Crippen LogP contribution in [0.5, 0.6) is 0 Å². The lowest BCUT2D eigenvalue weighted by molar-refractivity contribution is 0.0983. The Hall–Kier alpha value is -1.38. The van der Waals surface area contributed by atoms with Crippen LogP contribution in [0.15, 0.2) is 42.5 Å². The van der Waals surface area contributed by atoms with E-state index in [4.69, 9.17) is 23.2 Å². The first-order valence-electron chi connectivity index (χ1n) is 5.79. The first kappa shape index (κ1) is 14.0. The van der Waals surface area contributed by atoms with E-state index in [9.17, 15) is 9.18 Å². The lowest BCUT2D eigenvalue weighted by Crippen LogP contribution is -2.02. The molecule has 98 valence electrons. The number of rotatable bonds is 4. The zero-order chi connectivity index (χ0) is 13.8. The van der Waals surface area contributed by atoms with Gasteiger partial charge in [-0.25, -0.2) is 4.39 Å². The second kappa shape index (κ2) is 6.18. The van der Waals surface area contributed by atoms with Gasteiger partial charge in [-0.3, -0.25) is 4.79 Å². The number of hydrogen-bond donors (Lipinski definition) is 0. The summed E-state index contributed by atoms with van der Waals surface area (Å²) in [7, 11) is 0. The maximum atomic E-state index is 13.1. The van der Waals surface area contributed by atoms with Gasteiger partial charge < -0.3 is 0 Å². The molecule has 0 heterocycles. The second-order valence-electron chi connectivity index (χ2n) is 4.18. The largest absolute Gasteiger partial charge is 0.294 e. The van der Waals surface area contributed by atoms with Gasteiger partial charge in [0.05, 0.1) is 5.02 Å². The first-order valence-corrected chi connectivity index (χ1v) is 6.54. The first-order chi connectivity index (χ1) is 9.06. The molecule has 0 amide bonds. The van der Waals surface area contributed by atoms with Crippen LogP contribution in [0.25, 0.3) is 0 Å². The molecular weight excluding hydrogens is 286 g/mol. The van der Waals surface area contributed by atoms with Gasteiger partial charge in [0.25, 0.3) is 0 Å². The van der Waals surface area contributed by atoms with Gasteiger partial charge in [0.1, 0.15) is 5.82 Å². The minimum Gasteiger partial charge on any atom is -0.294 e. The Labute approximate surface area is 121 Å². The molecule has 0 radical (unpaired) electrons. The molecule has 0 fully saturated rings. The Kier molecular flexibility index (Phi) is 4.56. The number of ketones is 1. The summed E-state index contributed by atoms with van der Waals surface area (Å²) >= 11 is 11.7. The van der Waals surface area contributed by atoms with Gasteiger partial charge >= 0.3 is 0 Å². The van der Waals surface area contributed by atoms with Crippen molar-refractivity contribution in [3.05, 3.63) is 69.5 Å². The molecule has 0 bridgehead atoms. The van der Waals surface area contributed by atoms with Crippen molar-refractivity contribution in [3.63, 3.8) is 0 Å². The van der Waals surface area contributed by atoms with Crippen LogP contribution in [-0.2, 0) is 6.42 Å². The Balaban J connectivity index is 2.07. The van der Waals surface area contributed by atoms with Crippen molar-refractivity contribution >= 4 is 29.0 Å². The summed E-state index contributed by atoms with van der Waals surface area (Å²) in [4.78, 5) is 12.0. The van der Waals surface area contributed by atoms with Crippen LogP contribution >= 0.6 is 23.2 Å². The van der Waals surface area contributed by atoms with E-state index in [1.165, 1.54) is 12.1 Å². The molecule has 0 saturated carbocycles. The van der Waals surface area contributed by atoms with E-state index in [2.05, 4.69) is 0 Å². The summed E-state index contributed by atoms with van der Waals surface area (Å²) in [6.07, 6.45) is 0.699. The third-order valence-electron chi connectivity index (χ3n) is 2.74. The number of benzene rings is 2. The third kappa shape index (κ3) is 3.79. The molecular formula is C15H11Cl2FO. The van der Waals surface area contributed by atoms with E-state index < -0.39 is 5.82 Å². The minimum absolute atomic E-state index is 0.0639. The summed E-state index contributed by atoms with van der Waals surface area (Å²) in [5.74, 6) is -0.460. The molecule has 2 rings (SSSR count). The smallest absolute Gasteiger partial charge is 0.164 e. The van der Waals surface area contributed by atoms with Gasteiger partial charge in [-0.05, 0) is 42.3 Å². The average Bonchev–Trinajstić information content (AvgIpc) is 2.35. The van der Waals surface area contributed by atoms with Gasteiger partial charge in [-0.2, -0.15) is 0 Å². The van der Waals surface area contributed by atoms with Gasteiger partial charge in [0, 0.05) is 17.0 Å². The standard InChI is InChI=1S/C15H11Cl2FO/c16-11-7-10(8-12(18)9-11)5-6-15(19)13-3-1-2-4-14(13)17/h1-4,7-9H,5-6H2. The quantitative estimate of drug-likeness (QED) is 0.730. The summed E-state index contributed by atoms with van der Waals surface area (Å²) in [5.41, 5.74) is 1.19. The lowest BCUT2D eigenvalue weighted by Gasteiger charge is -2.04. The molecule has 0 aliphatic carbocycles. The number of carbonyl (C=O) groups excluding carboxylic acids is 1. The average molecular weight is 297 g/mol. The van der Waals surface area contributed by atoms with Crippen molar-refractivity contribution in [2.45, 2.75) is 12.8 Å². The topological polar surface area (TPSA) is 17.1 Å². The van der Waals surface area contributed by atoms with E-state index in [1.54, 1.807) is 30.3 Å². The van der Waals surface area contributed by atoms with Crippen molar-refractivity contribution < 1.29 is 9.18 Å². The zero-order valence-corrected chi connectivity index (χ0v) is 11.5. The number of carbonyl (C=O) groups is 1. The summed E-state index contributed by atoms with van der Waals surface area (Å²) in [6.45, 7) is 0. The van der Waals surface area contributed by atoms with E-state index in [1.807, 2.05) is 0 Å². The fourth-order valence-electron chi connectivity index (χ4n) is 1.84. The molecule has 0 atom stereocenters. The molecule has 0 N–H and O–H groups in total. The monoisotopic (exact) mass is 296 g/mol. The molecule has 2 aromatic rings. The molecule has 0 spiro atoms. The molecule has 0 saturated heterocycles. The van der Waals surface area contributed by atoms with Crippen LogP contribution in [0.4, 0.5) is 4.39 Å². The maximum Gasteiger partial charge on any atom is 0.164 e. The molecule has 19 heavy (non-hydrogen) atoms. The van der Waals surface area contributed by atoms with Crippen LogP contribution in [0.3, 0.4) is 0 Å². The van der Waals surface area contributed by atoms with Crippen LogP contribution in [0.2, 0.25) is 10.0 Å². The fourth-order valence-corrected chi connectivity index (χ4v) is 2.32. The molecule has 4 heteroatoms. The highest BCUT2D eigenvalue weighted by molar-refractivity contribution is 6.34. The van der Waals surface area contributed by atoms with Crippen molar-refractivity contribution in [3.8, 4) is 0 Å². The maximum absolute atomic E-state index is 13.1. The summed E-state index contributed by atoms with van der Waals surface area (Å²) in [5, 5.41) is 0.768. The number of halogens is 3. The van der Waals surface area contributed by atoms with E-state index in [-0.39, 0.29) is 12.2 Å². The van der Waals surface area contributed by atoms with Gasteiger partial charge in [0.15, 0.2) is 5.78 Å². The second-order valence-corrected chi connectivity index (χ2v) is 5.02. The fraction of sp³-hybridized carbons (Fsp3) is 0.133. The Morgan fingerprint density at radius 2 is 1.84 bits per heavy atom. The van der Waals surface area contributed by atoms with Crippen molar-refractivity contribution in [2.75, 3.05) is 0 Å². The normalized spacial score (nSPS) is 10.5. The van der Waals surface area contributed by atoms with Gasteiger partial charge in [0.2, 0.25) is 0 Å². The van der Waals surface area contributed by atoms with Crippen LogP contribution in [0.1, 0.15) is 22.3 Å². The highest BCUT2D eigenvalue weighted by Gasteiger charge is 2.10. The van der Waals surface area contributed by atoms with E-state index in [0.29, 0.717) is 27.6 Å². The number of hydrogen-bond acceptors (Lipinski definition) is 1. The SMILES string of the molecule is O=C(CCc1cc(F)cc(Cl)c1)c1ccccc1Cl. The van der Waals surface area contributed by atoms with E-state index >= 15 is 0 Å². The molecule has 0 unspecified atom stereocenters. The van der Waals surface area contributed by atoms with E-state index in [0.717, 1.165) is 0 Å². The molecule has 0 aromatic heterocycles. The third-order valence-corrected chi connectivity index (χ3v) is 3.29. The summed E-state index contributed by atoms with van der Waals surface area (Å²) < 4.78 is 13.1. The van der Waals surface area contributed by atoms with Gasteiger partial charge in [-0.1, -0.05) is 35.3 Å². The van der Waals surface area contributed by atoms with Crippen LogP contribution < -0.4 is 0 Å². The Morgan fingerprint density at radius 3 is 2.53 bits per heavy atom. The zero-order valence-electron chi connectivity index (χ0n) is 10.00. The minimum atomic E-state index is -0.396. The highest BCUT2D eigenvalue weighted by atomic mass is 35.5. The molecule has 0 aliphatic heterocycles. The van der Waals surface area contributed by atoms with Crippen LogP contribution in [0, 0.1) is 5.82 Å². The highest BCUT2D eigenvalue weighted by Crippen LogP contribution is 2.19. The summed E-state index contributed by atoms with van der Waals surface area (Å²) in [6, 6.07) is 11.2. The Bertz CT molecular complexity index is 591. The Morgan fingerprint density at radius 1 is 1.11 bits per heavy atom. The predicted molar refractivity (Wildman–Crippen MR) is 75.5 cm³/mol. The predicted octanol–water partition coefficient (Wildman–Crippen LogP) is 4.95. The number of Topliss-reactive ketones (excluding diaryl/α,β-unsaturated/α-hetero) is 1.